The lowest BCUT2D eigenvalue weighted by molar-refractivity contribution is 0.769. The summed E-state index contributed by atoms with van der Waals surface area (Å²) >= 11 is 0. The molecule has 0 radical (unpaired) electrons. The molecule has 0 unspecified atom stereocenters. The third-order valence-corrected chi connectivity index (χ3v) is 9.65. The monoisotopic (exact) mass is 597 g/mol. The first kappa shape index (κ1) is 27.0. The number of hydrogen-bond donors (Lipinski definition) is 0. The minimum absolute atomic E-state index is 0.571. The molecule has 0 bridgehead atoms. The molecule has 2 heterocycles. The van der Waals surface area contributed by atoms with E-state index in [-0.39, 0.29) is 0 Å². The van der Waals surface area contributed by atoms with E-state index in [0.717, 1.165) is 44.1 Å². The molecule has 0 aliphatic heterocycles. The van der Waals surface area contributed by atoms with E-state index in [4.69, 9.17) is 9.97 Å². The fraction of sp³-hybridized carbons (Fsp3) is 0.0227. The molecule has 0 saturated carbocycles. The van der Waals surface area contributed by atoms with Gasteiger partial charge in [-0.25, -0.2) is 0 Å². The Kier molecular flexibility index (Phi) is 6.10. The van der Waals surface area contributed by atoms with Gasteiger partial charge in [0.1, 0.15) is 0 Å². The van der Waals surface area contributed by atoms with Crippen molar-refractivity contribution in [1.82, 2.24) is 9.97 Å². The number of benzene rings is 6. The average molecular weight is 598 g/mol. The standard InChI is InChI=1S/C44H27N3/c45-28-29-10-7-11-30(24-29)31-18-20-36-37-21-19-32(39-25-33-12-8-22-46-42(33)43-38(39)17-9-23-47-43)27-41(37)44(40(36)26-31,34-13-3-1-4-14-34)35-15-5-2-6-16-35/h1-27H. The van der Waals surface area contributed by atoms with Crippen molar-refractivity contribution in [3.8, 4) is 39.4 Å². The molecule has 0 amide bonds. The lowest BCUT2D eigenvalue weighted by Gasteiger charge is -2.34. The zero-order valence-electron chi connectivity index (χ0n) is 25.4. The molecule has 0 N–H and O–H groups in total. The van der Waals surface area contributed by atoms with E-state index >= 15 is 0 Å². The highest BCUT2D eigenvalue weighted by atomic mass is 14.7. The van der Waals surface area contributed by atoms with Crippen molar-refractivity contribution in [3.63, 3.8) is 0 Å². The minimum atomic E-state index is -0.571. The van der Waals surface area contributed by atoms with E-state index < -0.39 is 5.41 Å². The third-order valence-electron chi connectivity index (χ3n) is 9.65. The van der Waals surface area contributed by atoms with Crippen LogP contribution in [0.3, 0.4) is 0 Å². The van der Waals surface area contributed by atoms with E-state index in [1.165, 1.54) is 33.4 Å². The molecule has 0 fully saturated rings. The molecule has 0 atom stereocenters. The second-order valence-electron chi connectivity index (χ2n) is 12.1. The van der Waals surface area contributed by atoms with Crippen LogP contribution in [0, 0.1) is 11.3 Å². The van der Waals surface area contributed by atoms with Crippen molar-refractivity contribution < 1.29 is 0 Å². The Morgan fingerprint density at radius 3 is 1.79 bits per heavy atom. The van der Waals surface area contributed by atoms with Crippen LogP contribution in [0.25, 0.3) is 55.2 Å². The summed E-state index contributed by atoms with van der Waals surface area (Å²) in [5, 5.41) is 11.8. The van der Waals surface area contributed by atoms with Gasteiger partial charge in [0, 0.05) is 23.2 Å². The molecule has 3 nitrogen and oxygen atoms in total. The lowest BCUT2D eigenvalue weighted by Crippen LogP contribution is -2.28. The number of nitrogens with zero attached hydrogens (tertiary/aromatic N) is 3. The van der Waals surface area contributed by atoms with Crippen molar-refractivity contribution in [1.29, 1.82) is 5.26 Å². The summed E-state index contributed by atoms with van der Waals surface area (Å²) in [6.45, 7) is 0. The van der Waals surface area contributed by atoms with Gasteiger partial charge in [-0.3, -0.25) is 9.97 Å². The number of hydrogen-bond acceptors (Lipinski definition) is 3. The summed E-state index contributed by atoms with van der Waals surface area (Å²) in [7, 11) is 0. The summed E-state index contributed by atoms with van der Waals surface area (Å²) < 4.78 is 0. The fourth-order valence-corrected chi connectivity index (χ4v) is 7.62. The van der Waals surface area contributed by atoms with Crippen LogP contribution in [0.2, 0.25) is 0 Å². The Bertz CT molecular complexity index is 2490. The first-order valence-corrected chi connectivity index (χ1v) is 15.8. The molecule has 1 aliphatic carbocycles. The SMILES string of the molecule is N#Cc1cccc(-c2ccc3c(c2)C(c2ccccc2)(c2ccccc2)c2cc(-c4cc5cccnc5c5ncccc45)ccc2-3)c1. The minimum Gasteiger partial charge on any atom is -0.254 e. The molecule has 47 heavy (non-hydrogen) atoms. The van der Waals surface area contributed by atoms with E-state index in [0.29, 0.717) is 5.56 Å². The van der Waals surface area contributed by atoms with Gasteiger partial charge in [-0.2, -0.15) is 5.26 Å². The average Bonchev–Trinajstić information content (AvgIpc) is 3.45. The normalized spacial score (nSPS) is 12.8. The predicted molar refractivity (Wildman–Crippen MR) is 190 cm³/mol. The molecule has 3 heteroatoms. The molecular weight excluding hydrogens is 571 g/mol. The van der Waals surface area contributed by atoms with Gasteiger partial charge in [-0.1, -0.05) is 109 Å². The Morgan fingerprint density at radius 2 is 1.09 bits per heavy atom. The summed E-state index contributed by atoms with van der Waals surface area (Å²) in [5.74, 6) is 0. The molecule has 1 aliphatic rings. The Labute approximate surface area is 273 Å². The number of nitriles is 1. The van der Waals surface area contributed by atoms with Crippen LogP contribution in [0.4, 0.5) is 0 Å². The maximum absolute atomic E-state index is 9.65. The van der Waals surface area contributed by atoms with Crippen molar-refractivity contribution in [2.75, 3.05) is 0 Å². The third kappa shape index (κ3) is 4.06. The highest BCUT2D eigenvalue weighted by Crippen LogP contribution is 2.57. The largest absolute Gasteiger partial charge is 0.254 e. The van der Waals surface area contributed by atoms with Gasteiger partial charge in [-0.05, 0) is 98.1 Å². The van der Waals surface area contributed by atoms with Gasteiger partial charge in [0.2, 0.25) is 0 Å². The lowest BCUT2D eigenvalue weighted by atomic mass is 9.67. The van der Waals surface area contributed by atoms with Crippen molar-refractivity contribution in [2.24, 2.45) is 0 Å². The van der Waals surface area contributed by atoms with Crippen molar-refractivity contribution in [2.45, 2.75) is 5.41 Å². The Balaban J connectivity index is 1.37. The van der Waals surface area contributed by atoms with E-state index in [9.17, 15) is 5.26 Å². The van der Waals surface area contributed by atoms with E-state index in [1.807, 2.05) is 42.7 Å². The van der Waals surface area contributed by atoms with Crippen LogP contribution in [0.5, 0.6) is 0 Å². The van der Waals surface area contributed by atoms with Crippen LogP contribution >= 0.6 is 0 Å². The second-order valence-corrected chi connectivity index (χ2v) is 12.1. The molecule has 2 aromatic heterocycles. The molecule has 0 spiro atoms. The van der Waals surface area contributed by atoms with Crippen molar-refractivity contribution in [3.05, 3.63) is 192 Å². The van der Waals surface area contributed by atoms with Gasteiger partial charge in [0.15, 0.2) is 0 Å². The van der Waals surface area contributed by atoms with E-state index in [2.05, 4.69) is 127 Å². The molecular formula is C44H27N3. The number of aromatic nitrogens is 2. The number of rotatable bonds is 4. The van der Waals surface area contributed by atoms with Gasteiger partial charge in [0.25, 0.3) is 0 Å². The topological polar surface area (TPSA) is 49.6 Å². The zero-order valence-corrected chi connectivity index (χ0v) is 25.4. The zero-order chi connectivity index (χ0) is 31.4. The summed E-state index contributed by atoms with van der Waals surface area (Å²) in [6.07, 6.45) is 3.68. The smallest absolute Gasteiger partial charge is 0.0991 e. The van der Waals surface area contributed by atoms with Crippen LogP contribution in [0.1, 0.15) is 27.8 Å². The summed E-state index contributed by atoms with van der Waals surface area (Å²) in [4.78, 5) is 9.49. The van der Waals surface area contributed by atoms with Crippen LogP contribution in [0.15, 0.2) is 164 Å². The first-order chi connectivity index (χ1) is 23.3. The van der Waals surface area contributed by atoms with Crippen molar-refractivity contribution >= 4 is 21.8 Å². The highest BCUT2D eigenvalue weighted by Gasteiger charge is 2.46. The van der Waals surface area contributed by atoms with Crippen LogP contribution in [-0.4, -0.2) is 9.97 Å². The molecule has 0 saturated heterocycles. The molecule has 6 aromatic carbocycles. The fourth-order valence-electron chi connectivity index (χ4n) is 7.62. The first-order valence-electron chi connectivity index (χ1n) is 15.8. The van der Waals surface area contributed by atoms with Gasteiger partial charge in [-0.15, -0.1) is 0 Å². The van der Waals surface area contributed by atoms with Gasteiger partial charge in [0.05, 0.1) is 28.1 Å². The van der Waals surface area contributed by atoms with Crippen LogP contribution in [-0.2, 0) is 5.41 Å². The second kappa shape index (κ2) is 10.6. The molecule has 218 valence electrons. The van der Waals surface area contributed by atoms with Crippen LogP contribution < -0.4 is 0 Å². The highest BCUT2D eigenvalue weighted by molar-refractivity contribution is 6.10. The summed E-state index contributed by atoms with van der Waals surface area (Å²) in [6, 6.07) is 56.2. The van der Waals surface area contributed by atoms with Gasteiger partial charge >= 0.3 is 0 Å². The van der Waals surface area contributed by atoms with E-state index in [1.54, 1.807) is 0 Å². The maximum atomic E-state index is 9.65. The Morgan fingerprint density at radius 1 is 0.468 bits per heavy atom. The Hall–Kier alpha value is -6.37. The quantitative estimate of drug-likeness (QED) is 0.190. The molecule has 8 aromatic rings. The number of pyridine rings is 2. The number of fused-ring (bicyclic) bond motifs is 6. The van der Waals surface area contributed by atoms with Gasteiger partial charge < -0.3 is 0 Å². The summed E-state index contributed by atoms with van der Waals surface area (Å²) in [5.41, 5.74) is 13.6. The molecule has 9 rings (SSSR count). The predicted octanol–water partition coefficient (Wildman–Crippen LogP) is 10.4. The maximum Gasteiger partial charge on any atom is 0.0991 e.